The van der Waals surface area contributed by atoms with E-state index in [2.05, 4.69) is 22.5 Å². The van der Waals surface area contributed by atoms with Crippen molar-refractivity contribution in [3.05, 3.63) is 11.6 Å². The zero-order valence-corrected chi connectivity index (χ0v) is 23.2. The highest BCUT2D eigenvalue weighted by atomic mass is 32.2. The van der Waals surface area contributed by atoms with Gasteiger partial charge in [-0.1, -0.05) is 90.4 Å². The third-order valence-electron chi connectivity index (χ3n) is 6.84. The van der Waals surface area contributed by atoms with Crippen molar-refractivity contribution in [2.75, 3.05) is 45.4 Å². The second kappa shape index (κ2) is 21.2. The molecule has 0 spiro atoms. The lowest BCUT2D eigenvalue weighted by Crippen LogP contribution is -2.33. The van der Waals surface area contributed by atoms with E-state index in [0.717, 1.165) is 38.5 Å². The molecule has 0 aromatic heterocycles. The largest absolute Gasteiger partial charge is 0.447 e. The number of nitrogens with zero attached hydrogens (tertiary/aromatic N) is 1. The quantitative estimate of drug-likeness (QED) is 0.156. The molecule has 6 nitrogen and oxygen atoms in total. The molecule has 1 saturated heterocycles. The summed E-state index contributed by atoms with van der Waals surface area (Å²) >= 11 is 1.76. The first kappa shape index (κ1) is 30.3. The maximum Gasteiger partial charge on any atom is 0.407 e. The van der Waals surface area contributed by atoms with Gasteiger partial charge in [0, 0.05) is 31.8 Å². The summed E-state index contributed by atoms with van der Waals surface area (Å²) in [4.78, 5) is 14.0. The van der Waals surface area contributed by atoms with Gasteiger partial charge in [-0.2, -0.15) is 0 Å². The third-order valence-corrected chi connectivity index (χ3v) is 7.63. The molecular weight excluding hydrogens is 460 g/mol. The highest BCUT2D eigenvalue weighted by molar-refractivity contribution is 8.02. The van der Waals surface area contributed by atoms with Gasteiger partial charge in [0.25, 0.3) is 0 Å². The van der Waals surface area contributed by atoms with Crippen molar-refractivity contribution in [2.24, 2.45) is 5.92 Å². The molecule has 35 heavy (non-hydrogen) atoms. The third kappa shape index (κ3) is 16.4. The van der Waals surface area contributed by atoms with Gasteiger partial charge in [0.2, 0.25) is 0 Å². The number of ether oxygens (including phenoxy) is 3. The van der Waals surface area contributed by atoms with Crippen molar-refractivity contribution in [3.8, 4) is 0 Å². The summed E-state index contributed by atoms with van der Waals surface area (Å²) in [6.45, 7) is 6.30. The zero-order chi connectivity index (χ0) is 24.8. The average Bonchev–Trinajstić information content (AvgIpc) is 3.55. The second-order valence-corrected chi connectivity index (χ2v) is 11.0. The van der Waals surface area contributed by atoms with Crippen molar-refractivity contribution in [2.45, 2.75) is 109 Å². The molecule has 2 aliphatic heterocycles. The minimum Gasteiger partial charge on any atom is -0.447 e. The molecule has 2 rings (SSSR count). The van der Waals surface area contributed by atoms with Crippen LogP contribution in [0.5, 0.6) is 0 Å². The molecule has 0 aliphatic carbocycles. The van der Waals surface area contributed by atoms with E-state index in [1.165, 1.54) is 83.5 Å². The molecule has 0 saturated carbocycles. The van der Waals surface area contributed by atoms with Crippen molar-refractivity contribution in [1.29, 1.82) is 0 Å². The minimum atomic E-state index is -0.359. The summed E-state index contributed by atoms with van der Waals surface area (Å²) in [5.41, 5.74) is 0. The molecular formula is C28H52N2O4S. The monoisotopic (exact) mass is 512 g/mol. The van der Waals surface area contributed by atoms with Gasteiger partial charge in [-0.15, -0.1) is 11.8 Å². The van der Waals surface area contributed by atoms with E-state index in [-0.39, 0.29) is 12.2 Å². The summed E-state index contributed by atoms with van der Waals surface area (Å²) in [6.07, 6.45) is 21.9. The summed E-state index contributed by atoms with van der Waals surface area (Å²) in [5.74, 6) is 1.37. The number of amides is 1. The highest BCUT2D eigenvalue weighted by Crippen LogP contribution is 2.20. The minimum absolute atomic E-state index is 0.00618. The highest BCUT2D eigenvalue weighted by Gasteiger charge is 2.26. The fourth-order valence-electron chi connectivity index (χ4n) is 4.63. The van der Waals surface area contributed by atoms with Crippen LogP contribution in [0.4, 0.5) is 4.79 Å². The van der Waals surface area contributed by atoms with Crippen LogP contribution < -0.4 is 5.32 Å². The molecule has 2 aliphatic rings. The van der Waals surface area contributed by atoms with Crippen LogP contribution in [0.1, 0.15) is 103 Å². The van der Waals surface area contributed by atoms with Crippen molar-refractivity contribution in [1.82, 2.24) is 10.2 Å². The van der Waals surface area contributed by atoms with E-state index in [1.54, 1.807) is 11.8 Å². The van der Waals surface area contributed by atoms with Gasteiger partial charge in [-0.25, -0.2) is 4.79 Å². The van der Waals surface area contributed by atoms with Crippen molar-refractivity contribution >= 4 is 17.9 Å². The van der Waals surface area contributed by atoms with Crippen LogP contribution in [-0.2, 0) is 14.2 Å². The Morgan fingerprint density at radius 3 is 2.26 bits per heavy atom. The molecule has 1 N–H and O–H groups in total. The number of nitrogens with one attached hydrogen (secondary N) is 1. The predicted molar refractivity (Wildman–Crippen MR) is 147 cm³/mol. The number of unbranched alkanes of at least 4 members (excludes halogenated alkanes) is 13. The first-order valence-corrected chi connectivity index (χ1v) is 15.4. The molecule has 2 atom stereocenters. The Labute approximate surface area is 219 Å². The maximum absolute atomic E-state index is 11.8. The fraction of sp³-hybridized carbons (Fsp3) is 0.893. The standard InChI is InChI=1S/C28H52N2O4S/c1-2-3-4-5-6-7-8-9-10-11-12-13-14-15-19-32-22-26-21-27(33-23-26)24-34-28(31)29-16-17-30-18-20-35-25-30/h18,20,26-27H,2-17,19,21-25H2,1H3,(H,29,31). The molecule has 0 radical (unpaired) electrons. The van der Waals surface area contributed by atoms with Crippen molar-refractivity contribution in [3.63, 3.8) is 0 Å². The first-order chi connectivity index (χ1) is 17.3. The number of hydrogen-bond donors (Lipinski definition) is 1. The predicted octanol–water partition coefficient (Wildman–Crippen LogP) is 7.09. The van der Waals surface area contributed by atoms with E-state index in [9.17, 15) is 4.79 Å². The van der Waals surface area contributed by atoms with E-state index in [4.69, 9.17) is 14.2 Å². The van der Waals surface area contributed by atoms with Crippen LogP contribution in [0.3, 0.4) is 0 Å². The molecule has 1 fully saturated rings. The normalized spacial score (nSPS) is 19.5. The maximum atomic E-state index is 11.8. The summed E-state index contributed by atoms with van der Waals surface area (Å²) in [5, 5.41) is 4.87. The van der Waals surface area contributed by atoms with Crippen LogP contribution in [0.2, 0.25) is 0 Å². The van der Waals surface area contributed by atoms with Crippen molar-refractivity contribution < 1.29 is 19.0 Å². The Hall–Kier alpha value is -0.920. The van der Waals surface area contributed by atoms with Crippen LogP contribution in [0.25, 0.3) is 0 Å². The van der Waals surface area contributed by atoms with Crippen LogP contribution in [-0.4, -0.2) is 62.5 Å². The lowest BCUT2D eigenvalue weighted by molar-refractivity contribution is 0.0392. The zero-order valence-electron chi connectivity index (χ0n) is 22.4. The molecule has 2 unspecified atom stereocenters. The molecule has 204 valence electrons. The number of carbonyl (C=O) groups is 1. The smallest absolute Gasteiger partial charge is 0.407 e. The fourth-order valence-corrected chi connectivity index (χ4v) is 5.38. The second-order valence-electron chi connectivity index (χ2n) is 10.1. The van der Waals surface area contributed by atoms with E-state index in [1.807, 2.05) is 6.20 Å². The van der Waals surface area contributed by atoms with Gasteiger partial charge in [0.15, 0.2) is 0 Å². The Morgan fingerprint density at radius 1 is 0.971 bits per heavy atom. The Balaban J connectivity index is 1.29. The van der Waals surface area contributed by atoms with Gasteiger partial charge >= 0.3 is 6.09 Å². The van der Waals surface area contributed by atoms with E-state index < -0.39 is 0 Å². The topological polar surface area (TPSA) is 60.0 Å². The van der Waals surface area contributed by atoms with E-state index in [0.29, 0.717) is 25.7 Å². The summed E-state index contributed by atoms with van der Waals surface area (Å²) < 4.78 is 17.0. The molecule has 1 amide bonds. The summed E-state index contributed by atoms with van der Waals surface area (Å²) in [6, 6.07) is 0. The molecule has 2 heterocycles. The summed E-state index contributed by atoms with van der Waals surface area (Å²) in [7, 11) is 0. The van der Waals surface area contributed by atoms with Crippen LogP contribution in [0.15, 0.2) is 11.6 Å². The number of rotatable bonds is 22. The first-order valence-electron chi connectivity index (χ1n) is 14.4. The van der Waals surface area contributed by atoms with E-state index >= 15 is 0 Å². The van der Waals surface area contributed by atoms with Gasteiger partial charge < -0.3 is 24.4 Å². The number of alkyl carbamates (subject to hydrolysis) is 1. The lowest BCUT2D eigenvalue weighted by atomic mass is 10.0. The van der Waals surface area contributed by atoms with Gasteiger partial charge in [-0.3, -0.25) is 0 Å². The molecule has 7 heteroatoms. The number of thioether (sulfide) groups is 1. The Morgan fingerprint density at radius 2 is 1.63 bits per heavy atom. The van der Waals surface area contributed by atoms with Gasteiger partial charge in [0.1, 0.15) is 6.61 Å². The number of hydrogen-bond acceptors (Lipinski definition) is 6. The average molecular weight is 513 g/mol. The molecule has 0 bridgehead atoms. The lowest BCUT2D eigenvalue weighted by Gasteiger charge is -2.15. The van der Waals surface area contributed by atoms with Gasteiger partial charge in [0.05, 0.1) is 25.2 Å². The van der Waals surface area contributed by atoms with Gasteiger partial charge in [-0.05, 0) is 18.2 Å². The van der Waals surface area contributed by atoms with Crippen LogP contribution >= 0.6 is 11.8 Å². The number of carbonyl (C=O) groups excluding carboxylic acids is 1. The molecule has 0 aromatic carbocycles. The SMILES string of the molecule is CCCCCCCCCCCCCCCCOCC1COC(COC(=O)NCCN2C=CSC2)C1. The van der Waals surface area contributed by atoms with Crippen LogP contribution in [0, 0.1) is 5.92 Å². The Bertz CT molecular complexity index is 549. The molecule has 0 aromatic rings. The Kier molecular flexibility index (Phi) is 18.3.